The number of hydrogen-bond acceptors (Lipinski definition) is 9. The van der Waals surface area contributed by atoms with E-state index in [4.69, 9.17) is 4.74 Å². The fraction of sp³-hybridized carbons (Fsp3) is 0.375. The van der Waals surface area contributed by atoms with Gasteiger partial charge in [0.1, 0.15) is 17.5 Å². The molecular weight excluding hydrogens is 468 g/mol. The van der Waals surface area contributed by atoms with E-state index in [-0.39, 0.29) is 16.8 Å². The molecule has 184 valence electrons. The third-order valence-corrected chi connectivity index (χ3v) is 6.77. The van der Waals surface area contributed by atoms with Crippen molar-refractivity contribution in [1.82, 2.24) is 19.9 Å². The molecular formula is C24H28N6O4S. The first kappa shape index (κ1) is 24.5. The average molecular weight is 497 g/mol. The van der Waals surface area contributed by atoms with Crippen molar-refractivity contribution in [3.63, 3.8) is 0 Å². The molecule has 3 aromatic heterocycles. The van der Waals surface area contributed by atoms with Gasteiger partial charge in [0.15, 0.2) is 14.9 Å². The minimum absolute atomic E-state index is 0.0413. The molecule has 0 aliphatic carbocycles. The number of aryl methyl sites for hydroxylation is 2. The van der Waals surface area contributed by atoms with Crippen LogP contribution in [0.3, 0.4) is 0 Å². The molecule has 10 nitrogen and oxygen atoms in total. The van der Waals surface area contributed by atoms with Gasteiger partial charge in [-0.25, -0.2) is 28.4 Å². The van der Waals surface area contributed by atoms with Crippen LogP contribution in [-0.4, -0.2) is 59.7 Å². The number of nitrogens with one attached hydrogen (secondary N) is 1. The highest BCUT2D eigenvalue weighted by Crippen LogP contribution is 2.22. The maximum Gasteiger partial charge on any atom is 0.274 e. The highest BCUT2D eigenvalue weighted by atomic mass is 32.2. The minimum atomic E-state index is -3.42. The van der Waals surface area contributed by atoms with Crippen molar-refractivity contribution in [1.29, 1.82) is 0 Å². The lowest BCUT2D eigenvalue weighted by Gasteiger charge is -2.32. The number of piperidine rings is 1. The molecule has 3 aromatic rings. The second kappa shape index (κ2) is 10.3. The number of pyridine rings is 2. The van der Waals surface area contributed by atoms with Crippen LogP contribution in [-0.2, 0) is 16.3 Å². The van der Waals surface area contributed by atoms with Gasteiger partial charge in [0.2, 0.25) is 5.95 Å². The van der Waals surface area contributed by atoms with Crippen molar-refractivity contribution < 1.29 is 17.9 Å². The van der Waals surface area contributed by atoms with Crippen molar-refractivity contribution in [2.75, 3.05) is 29.6 Å². The number of nitrogens with zero attached hydrogens (tertiary/aromatic N) is 5. The number of aromatic nitrogens is 4. The zero-order valence-corrected chi connectivity index (χ0v) is 20.7. The molecule has 0 radical (unpaired) electrons. The normalized spacial score (nSPS) is 14.5. The van der Waals surface area contributed by atoms with Gasteiger partial charge in [0, 0.05) is 44.6 Å². The number of amides is 1. The third kappa shape index (κ3) is 6.10. The quantitative estimate of drug-likeness (QED) is 0.525. The maximum atomic E-state index is 12.6. The molecule has 35 heavy (non-hydrogen) atoms. The lowest BCUT2D eigenvalue weighted by atomic mass is 10.1. The van der Waals surface area contributed by atoms with Crippen molar-refractivity contribution >= 4 is 27.4 Å². The van der Waals surface area contributed by atoms with Gasteiger partial charge in [0.25, 0.3) is 5.91 Å². The number of hydrogen-bond donors (Lipinski definition) is 1. The summed E-state index contributed by atoms with van der Waals surface area (Å²) in [7, 11) is -3.42. The van der Waals surface area contributed by atoms with Crippen LogP contribution >= 0.6 is 0 Å². The van der Waals surface area contributed by atoms with Gasteiger partial charge >= 0.3 is 0 Å². The van der Waals surface area contributed by atoms with E-state index in [2.05, 4.69) is 37.1 Å². The molecule has 0 saturated carbocycles. The smallest absolute Gasteiger partial charge is 0.274 e. The standard InChI is InChI=1S/C24H28N6O4S/c1-4-17-13-26-24(27-14-17)30-11-9-18(10-12-30)34-19-5-6-21(25-15-19)23(31)29-20-7-8-22(28-16(20)2)35(3,32)33/h5-8,13-15,18H,4,9-12H2,1-3H3,(H,29,31). The summed E-state index contributed by atoms with van der Waals surface area (Å²) in [5, 5.41) is 2.68. The van der Waals surface area contributed by atoms with Gasteiger partial charge in [0.05, 0.1) is 17.6 Å². The van der Waals surface area contributed by atoms with Gasteiger partial charge in [-0.1, -0.05) is 6.92 Å². The summed E-state index contributed by atoms with van der Waals surface area (Å²) in [4.78, 5) is 31.9. The number of sulfone groups is 1. The lowest BCUT2D eigenvalue weighted by molar-refractivity contribution is 0.102. The van der Waals surface area contributed by atoms with E-state index in [1.165, 1.54) is 18.3 Å². The number of carbonyl (C=O) groups is 1. The van der Waals surface area contributed by atoms with Crippen LogP contribution in [0.15, 0.2) is 47.9 Å². The summed E-state index contributed by atoms with van der Waals surface area (Å²) in [6, 6.07) is 6.19. The molecule has 1 amide bonds. The van der Waals surface area contributed by atoms with Crippen molar-refractivity contribution in [3.05, 3.63) is 59.8 Å². The summed E-state index contributed by atoms with van der Waals surface area (Å²) in [6.07, 6.45) is 8.99. The van der Waals surface area contributed by atoms with E-state index in [1.807, 2.05) is 12.4 Å². The number of anilines is 2. The first-order valence-electron chi connectivity index (χ1n) is 11.4. The van der Waals surface area contributed by atoms with E-state index in [0.717, 1.165) is 50.1 Å². The molecule has 0 aromatic carbocycles. The van der Waals surface area contributed by atoms with E-state index in [9.17, 15) is 13.2 Å². The van der Waals surface area contributed by atoms with Crippen molar-refractivity contribution in [2.45, 2.75) is 44.2 Å². The number of rotatable bonds is 7. The number of ether oxygens (including phenoxy) is 1. The molecule has 4 rings (SSSR count). The van der Waals surface area contributed by atoms with E-state index in [1.54, 1.807) is 19.1 Å². The van der Waals surface area contributed by atoms with Crippen LogP contribution in [0.25, 0.3) is 0 Å². The van der Waals surface area contributed by atoms with Gasteiger partial charge in [-0.3, -0.25) is 4.79 Å². The highest BCUT2D eigenvalue weighted by molar-refractivity contribution is 7.90. The topological polar surface area (TPSA) is 127 Å². The molecule has 0 spiro atoms. The van der Waals surface area contributed by atoms with Crippen molar-refractivity contribution in [3.8, 4) is 5.75 Å². The fourth-order valence-corrected chi connectivity index (χ4v) is 4.33. The molecule has 1 aliphatic heterocycles. The average Bonchev–Trinajstić information content (AvgIpc) is 2.85. The molecule has 4 heterocycles. The van der Waals surface area contributed by atoms with E-state index in [0.29, 0.717) is 17.1 Å². The Bertz CT molecular complexity index is 1290. The summed E-state index contributed by atoms with van der Waals surface area (Å²) in [6.45, 7) is 5.31. The Kier molecular flexibility index (Phi) is 7.25. The highest BCUT2D eigenvalue weighted by Gasteiger charge is 2.22. The largest absolute Gasteiger partial charge is 0.489 e. The van der Waals surface area contributed by atoms with Gasteiger partial charge < -0.3 is 15.0 Å². The first-order valence-corrected chi connectivity index (χ1v) is 13.3. The molecule has 0 bridgehead atoms. The Morgan fingerprint density at radius 2 is 1.80 bits per heavy atom. The molecule has 0 atom stereocenters. The molecule has 1 aliphatic rings. The summed E-state index contributed by atoms with van der Waals surface area (Å²) >= 11 is 0. The molecule has 11 heteroatoms. The predicted molar refractivity (Wildman–Crippen MR) is 132 cm³/mol. The van der Waals surface area contributed by atoms with Crippen LogP contribution in [0.2, 0.25) is 0 Å². The Labute approximate surface area is 204 Å². The van der Waals surface area contributed by atoms with Gasteiger partial charge in [-0.15, -0.1) is 0 Å². The summed E-state index contributed by atoms with van der Waals surface area (Å²) in [5.74, 6) is 0.920. The van der Waals surface area contributed by atoms with Crippen LogP contribution in [0.5, 0.6) is 5.75 Å². The second-order valence-corrected chi connectivity index (χ2v) is 10.4. The summed E-state index contributed by atoms with van der Waals surface area (Å²) in [5.41, 5.74) is 2.16. The SMILES string of the molecule is CCc1cnc(N2CCC(Oc3ccc(C(=O)Nc4ccc(S(C)(=O)=O)nc4C)nc3)CC2)nc1. The second-order valence-electron chi connectivity index (χ2n) is 8.44. The Morgan fingerprint density at radius 1 is 1.09 bits per heavy atom. The van der Waals surface area contributed by atoms with Crippen LogP contribution in [0.1, 0.15) is 41.5 Å². The maximum absolute atomic E-state index is 12.6. The molecule has 1 saturated heterocycles. The Balaban J connectivity index is 1.31. The summed E-state index contributed by atoms with van der Waals surface area (Å²) < 4.78 is 29.3. The fourth-order valence-electron chi connectivity index (χ4n) is 3.71. The third-order valence-electron chi connectivity index (χ3n) is 5.78. The van der Waals surface area contributed by atoms with Gasteiger partial charge in [-0.2, -0.15) is 0 Å². The zero-order chi connectivity index (χ0) is 25.0. The predicted octanol–water partition coefficient (Wildman–Crippen LogP) is 2.84. The van der Waals surface area contributed by atoms with Crippen molar-refractivity contribution in [2.24, 2.45) is 0 Å². The first-order chi connectivity index (χ1) is 16.7. The molecule has 1 fully saturated rings. The van der Waals surface area contributed by atoms with Gasteiger partial charge in [-0.05, 0) is 43.2 Å². The van der Waals surface area contributed by atoms with E-state index >= 15 is 0 Å². The van der Waals surface area contributed by atoms with Crippen LogP contribution in [0, 0.1) is 6.92 Å². The van der Waals surface area contributed by atoms with E-state index < -0.39 is 15.7 Å². The molecule has 0 unspecified atom stereocenters. The zero-order valence-electron chi connectivity index (χ0n) is 19.9. The Morgan fingerprint density at radius 3 is 2.37 bits per heavy atom. The number of carbonyl (C=O) groups excluding carboxylic acids is 1. The molecule has 1 N–H and O–H groups in total. The van der Waals surface area contributed by atoms with Crippen LogP contribution in [0.4, 0.5) is 11.6 Å². The monoisotopic (exact) mass is 496 g/mol. The minimum Gasteiger partial charge on any atom is -0.489 e. The van der Waals surface area contributed by atoms with Crippen LogP contribution < -0.4 is 15.0 Å². The Hall–Kier alpha value is -3.60. The lowest BCUT2D eigenvalue weighted by Crippen LogP contribution is -2.39.